The summed E-state index contributed by atoms with van der Waals surface area (Å²) in [6.45, 7) is 2.99. The van der Waals surface area contributed by atoms with Gasteiger partial charge in [0.25, 0.3) is 0 Å². The average Bonchev–Trinajstić information content (AvgIpc) is 2.62. The summed E-state index contributed by atoms with van der Waals surface area (Å²) in [7, 11) is 0. The molecule has 0 aromatic heterocycles. The molecule has 0 aliphatic heterocycles. The number of benzene rings is 3. The van der Waals surface area contributed by atoms with E-state index in [-0.39, 0.29) is 5.78 Å². The van der Waals surface area contributed by atoms with Gasteiger partial charge in [0, 0.05) is 16.7 Å². The Labute approximate surface area is 136 Å². The van der Waals surface area contributed by atoms with E-state index in [0.29, 0.717) is 0 Å². The molecule has 0 spiro atoms. The highest BCUT2D eigenvalue weighted by Crippen LogP contribution is 2.11. The van der Waals surface area contributed by atoms with Gasteiger partial charge in [-0.3, -0.25) is 4.79 Å². The quantitative estimate of drug-likeness (QED) is 0.567. The molecule has 23 heavy (non-hydrogen) atoms. The number of ketones is 1. The second-order valence-electron chi connectivity index (χ2n) is 5.71. The third kappa shape index (κ3) is 3.93. The molecule has 2 nitrogen and oxygen atoms in total. The van der Waals surface area contributed by atoms with Crippen molar-refractivity contribution in [3.63, 3.8) is 0 Å². The van der Waals surface area contributed by atoms with Gasteiger partial charge in [0.05, 0.1) is 0 Å². The topological polar surface area (TPSA) is 33.7 Å². The average molecular weight is 302 g/mol. The van der Waals surface area contributed by atoms with E-state index in [0.717, 1.165) is 23.4 Å². The first-order chi connectivity index (χ1) is 11.2. The van der Waals surface area contributed by atoms with E-state index in [1.807, 2.05) is 54.6 Å². The Morgan fingerprint density at radius 2 is 1.39 bits per heavy atom. The van der Waals surface area contributed by atoms with Crippen molar-refractivity contribution in [2.75, 3.05) is 0 Å². The van der Waals surface area contributed by atoms with E-state index in [2.05, 4.69) is 36.5 Å². The summed E-state index contributed by atoms with van der Waals surface area (Å²) in [5, 5.41) is 2.18. The minimum atomic E-state index is 0.0654. The molecule has 0 amide bonds. The zero-order valence-electron chi connectivity index (χ0n) is 13.2. The molecule has 0 heterocycles. The van der Waals surface area contributed by atoms with Crippen molar-refractivity contribution in [3.8, 4) is 0 Å². The fourth-order valence-corrected chi connectivity index (χ4v) is 2.49. The monoisotopic (exact) mass is 302 g/mol. The second kappa shape index (κ2) is 7.03. The Bertz CT molecular complexity index is 774. The molecule has 0 saturated carbocycles. The Balaban J connectivity index is 1.65. The molecular weight excluding hydrogens is 282 g/mol. The molecule has 3 aromatic carbocycles. The number of nitrogens with two attached hydrogens (primary N) is 1. The fourth-order valence-electron chi connectivity index (χ4n) is 2.49. The molecule has 0 fully saturated rings. The Hall–Kier alpha value is -2.71. The molecule has 0 unspecified atom stereocenters. The number of quaternary nitrogens is 1. The summed E-state index contributed by atoms with van der Waals surface area (Å²) in [6.07, 6.45) is 0. The standard InChI is InChI=1S/C21H19NO/c1-16-7-9-17(10-8-16)15-22-20-13-11-19(12-14-20)21(23)18-5-3-2-4-6-18/h2-14,22H,15H2,1H3/p+1. The minimum Gasteiger partial charge on any atom is -0.310 e. The zero-order chi connectivity index (χ0) is 16.1. The fraction of sp³-hybridized carbons (Fsp3) is 0.0952. The number of carbonyl (C=O) groups is 1. The van der Waals surface area contributed by atoms with Crippen LogP contribution in [0.5, 0.6) is 0 Å². The lowest BCUT2D eigenvalue weighted by atomic mass is 10.0. The summed E-state index contributed by atoms with van der Waals surface area (Å²) >= 11 is 0. The van der Waals surface area contributed by atoms with Gasteiger partial charge in [0.15, 0.2) is 5.78 Å². The van der Waals surface area contributed by atoms with Crippen LogP contribution in [-0.4, -0.2) is 5.78 Å². The first-order valence-corrected chi connectivity index (χ1v) is 7.81. The van der Waals surface area contributed by atoms with Gasteiger partial charge in [0.2, 0.25) is 0 Å². The lowest BCUT2D eigenvalue weighted by Crippen LogP contribution is -2.76. The van der Waals surface area contributed by atoms with Gasteiger partial charge in [-0.25, -0.2) is 0 Å². The Morgan fingerprint density at radius 1 is 0.783 bits per heavy atom. The van der Waals surface area contributed by atoms with E-state index < -0.39 is 0 Å². The van der Waals surface area contributed by atoms with E-state index in [4.69, 9.17) is 0 Å². The molecule has 0 bridgehead atoms. The van der Waals surface area contributed by atoms with E-state index in [1.54, 1.807) is 0 Å². The molecule has 2 heteroatoms. The third-order valence-electron chi connectivity index (χ3n) is 3.90. The SMILES string of the molecule is Cc1ccc(C[NH2+]c2ccc(C(=O)c3ccccc3)cc2)cc1. The highest BCUT2D eigenvalue weighted by molar-refractivity contribution is 6.09. The largest absolute Gasteiger partial charge is 0.310 e. The van der Waals surface area contributed by atoms with E-state index in [9.17, 15) is 4.79 Å². The number of hydrogen-bond acceptors (Lipinski definition) is 1. The Morgan fingerprint density at radius 3 is 2.04 bits per heavy atom. The van der Waals surface area contributed by atoms with Gasteiger partial charge in [-0.2, -0.15) is 0 Å². The maximum Gasteiger partial charge on any atom is 0.193 e. The van der Waals surface area contributed by atoms with Crippen LogP contribution in [0.1, 0.15) is 27.0 Å². The molecule has 0 radical (unpaired) electrons. The van der Waals surface area contributed by atoms with Crippen LogP contribution in [0.4, 0.5) is 5.69 Å². The number of hydrogen-bond donors (Lipinski definition) is 1. The van der Waals surface area contributed by atoms with E-state index in [1.165, 1.54) is 11.1 Å². The summed E-state index contributed by atoms with van der Waals surface area (Å²) in [6, 6.07) is 25.8. The molecular formula is C21H20NO+. The van der Waals surface area contributed by atoms with Gasteiger partial charge in [-0.1, -0.05) is 60.2 Å². The molecule has 3 rings (SSSR count). The van der Waals surface area contributed by atoms with Crippen LogP contribution >= 0.6 is 0 Å². The highest BCUT2D eigenvalue weighted by atomic mass is 16.1. The highest BCUT2D eigenvalue weighted by Gasteiger charge is 2.08. The number of aryl methyl sites for hydroxylation is 1. The van der Waals surface area contributed by atoms with E-state index >= 15 is 0 Å². The second-order valence-corrected chi connectivity index (χ2v) is 5.71. The van der Waals surface area contributed by atoms with Gasteiger partial charge >= 0.3 is 0 Å². The molecule has 0 aliphatic rings. The lowest BCUT2D eigenvalue weighted by molar-refractivity contribution is -0.588. The first kappa shape index (κ1) is 15.2. The molecule has 2 N–H and O–H groups in total. The predicted octanol–water partition coefficient (Wildman–Crippen LogP) is 3.62. The van der Waals surface area contributed by atoms with Crippen molar-refractivity contribution in [2.45, 2.75) is 13.5 Å². The van der Waals surface area contributed by atoms with Gasteiger partial charge < -0.3 is 5.32 Å². The molecule has 0 saturated heterocycles. The van der Waals surface area contributed by atoms with Crippen LogP contribution in [0.25, 0.3) is 0 Å². The Kier molecular flexibility index (Phi) is 4.65. The maximum absolute atomic E-state index is 12.4. The lowest BCUT2D eigenvalue weighted by Gasteiger charge is -2.04. The van der Waals surface area contributed by atoms with Crippen LogP contribution in [0.15, 0.2) is 78.9 Å². The molecule has 3 aromatic rings. The van der Waals surface area contributed by atoms with Crippen molar-refractivity contribution in [3.05, 3.63) is 101 Å². The van der Waals surface area contributed by atoms with Gasteiger partial charge in [-0.05, 0) is 31.2 Å². The predicted molar refractivity (Wildman–Crippen MR) is 92.8 cm³/mol. The summed E-state index contributed by atoms with van der Waals surface area (Å²) in [5.41, 5.74) is 5.15. The van der Waals surface area contributed by atoms with Crippen LogP contribution in [0, 0.1) is 6.92 Å². The summed E-state index contributed by atoms with van der Waals surface area (Å²) in [5.74, 6) is 0.0654. The van der Waals surface area contributed by atoms with Crippen molar-refractivity contribution < 1.29 is 10.1 Å². The smallest absolute Gasteiger partial charge is 0.193 e. The van der Waals surface area contributed by atoms with Crippen LogP contribution in [0.3, 0.4) is 0 Å². The summed E-state index contributed by atoms with van der Waals surface area (Å²) < 4.78 is 0. The third-order valence-corrected chi connectivity index (χ3v) is 3.90. The van der Waals surface area contributed by atoms with Crippen molar-refractivity contribution in [1.82, 2.24) is 0 Å². The van der Waals surface area contributed by atoms with Crippen LogP contribution in [0.2, 0.25) is 0 Å². The summed E-state index contributed by atoms with van der Waals surface area (Å²) in [4.78, 5) is 12.4. The molecule has 114 valence electrons. The number of carbonyl (C=O) groups excluding carboxylic acids is 1. The van der Waals surface area contributed by atoms with Crippen molar-refractivity contribution >= 4 is 11.5 Å². The maximum atomic E-state index is 12.4. The van der Waals surface area contributed by atoms with Crippen LogP contribution < -0.4 is 5.32 Å². The normalized spacial score (nSPS) is 10.5. The van der Waals surface area contributed by atoms with Gasteiger partial charge in [-0.15, -0.1) is 0 Å². The molecule has 0 aliphatic carbocycles. The first-order valence-electron chi connectivity index (χ1n) is 7.81. The van der Waals surface area contributed by atoms with Crippen molar-refractivity contribution in [1.29, 1.82) is 0 Å². The van der Waals surface area contributed by atoms with Gasteiger partial charge in [0.1, 0.15) is 12.2 Å². The molecule has 0 atom stereocenters. The zero-order valence-corrected chi connectivity index (χ0v) is 13.2. The number of rotatable bonds is 5. The minimum absolute atomic E-state index is 0.0654. The van der Waals surface area contributed by atoms with Crippen molar-refractivity contribution in [2.24, 2.45) is 0 Å². The van der Waals surface area contributed by atoms with Crippen LogP contribution in [-0.2, 0) is 6.54 Å².